The Morgan fingerprint density at radius 2 is 1.81 bits per heavy atom. The molecule has 1 saturated carbocycles. The van der Waals surface area contributed by atoms with Gasteiger partial charge in [-0.05, 0) is 44.3 Å². The molecule has 2 fully saturated rings. The largest absolute Gasteiger partial charge is 0.355 e. The van der Waals surface area contributed by atoms with Crippen LogP contribution in [0.15, 0.2) is 35.3 Å². The predicted octanol–water partition coefficient (Wildman–Crippen LogP) is 1.51. The van der Waals surface area contributed by atoms with Gasteiger partial charge < -0.3 is 16.0 Å². The first-order chi connectivity index (χ1) is 12.8. The maximum Gasteiger partial charge on any atom is 0.223 e. The Morgan fingerprint density at radius 3 is 2.46 bits per heavy atom. The highest BCUT2D eigenvalue weighted by atomic mass is 16.2. The Hall–Kier alpha value is -2.08. The fourth-order valence-corrected chi connectivity index (χ4v) is 3.46. The Labute approximate surface area is 156 Å². The molecule has 0 bridgehead atoms. The van der Waals surface area contributed by atoms with Gasteiger partial charge in [-0.15, -0.1) is 0 Å². The molecular weight excluding hydrogens is 326 g/mol. The summed E-state index contributed by atoms with van der Waals surface area (Å²) < 4.78 is 0. The van der Waals surface area contributed by atoms with E-state index >= 15 is 0 Å². The van der Waals surface area contributed by atoms with E-state index in [-0.39, 0.29) is 11.8 Å². The quantitative estimate of drug-likeness (QED) is 0.375. The lowest BCUT2D eigenvalue weighted by molar-refractivity contribution is -0.122. The zero-order valence-electron chi connectivity index (χ0n) is 15.7. The van der Waals surface area contributed by atoms with Crippen molar-refractivity contribution in [3.8, 4) is 0 Å². The summed E-state index contributed by atoms with van der Waals surface area (Å²) in [6.07, 6.45) is 4.63. The minimum atomic E-state index is 0.188. The summed E-state index contributed by atoms with van der Waals surface area (Å²) in [5, 5.41) is 9.71. The summed E-state index contributed by atoms with van der Waals surface area (Å²) in [4.78, 5) is 18.5. The average molecular weight is 358 g/mol. The van der Waals surface area contributed by atoms with E-state index in [0.717, 1.165) is 38.4 Å². The molecule has 6 nitrogen and oxygen atoms in total. The zero-order chi connectivity index (χ0) is 18.2. The Morgan fingerprint density at radius 1 is 1.12 bits per heavy atom. The van der Waals surface area contributed by atoms with E-state index in [1.807, 2.05) is 0 Å². The summed E-state index contributed by atoms with van der Waals surface area (Å²) in [6.45, 7) is 4.43. The molecule has 1 unspecified atom stereocenters. The first-order valence-corrected chi connectivity index (χ1v) is 9.79. The molecule has 0 aromatic heterocycles. The van der Waals surface area contributed by atoms with Crippen LogP contribution in [0.25, 0.3) is 0 Å². The highest BCUT2D eigenvalue weighted by Crippen LogP contribution is 2.28. The van der Waals surface area contributed by atoms with Gasteiger partial charge in [0, 0.05) is 32.6 Å². The van der Waals surface area contributed by atoms with Gasteiger partial charge in [0.2, 0.25) is 5.91 Å². The second kappa shape index (κ2) is 9.57. The van der Waals surface area contributed by atoms with Gasteiger partial charge in [-0.3, -0.25) is 14.7 Å². The van der Waals surface area contributed by atoms with Crippen molar-refractivity contribution in [3.63, 3.8) is 0 Å². The van der Waals surface area contributed by atoms with E-state index in [1.54, 1.807) is 7.05 Å². The van der Waals surface area contributed by atoms with Crippen LogP contribution in [-0.4, -0.2) is 56.5 Å². The summed E-state index contributed by atoms with van der Waals surface area (Å²) >= 11 is 0. The molecule has 3 N–H and O–H groups in total. The van der Waals surface area contributed by atoms with Gasteiger partial charge in [0.15, 0.2) is 5.96 Å². The second-order valence-corrected chi connectivity index (χ2v) is 7.11. The minimum Gasteiger partial charge on any atom is -0.355 e. The van der Waals surface area contributed by atoms with Gasteiger partial charge in [-0.2, -0.15) is 0 Å². The van der Waals surface area contributed by atoms with E-state index in [4.69, 9.17) is 0 Å². The standard InChI is InChI=1S/C20H31N5O/c1-21-20(23-12-11-22-19(26)17-9-10-17)24-15-18(25-13-5-6-14-25)16-7-3-2-4-8-16/h2-4,7-8,17-18H,5-6,9-15H2,1H3,(H,22,26)(H2,21,23,24). The molecule has 3 rings (SSSR count). The molecule has 2 aliphatic rings. The van der Waals surface area contributed by atoms with Crippen LogP contribution in [0, 0.1) is 5.92 Å². The van der Waals surface area contributed by atoms with Gasteiger partial charge in [0.25, 0.3) is 0 Å². The van der Waals surface area contributed by atoms with Crippen molar-refractivity contribution in [3.05, 3.63) is 35.9 Å². The van der Waals surface area contributed by atoms with Crippen molar-refractivity contribution in [2.75, 3.05) is 39.8 Å². The molecule has 0 radical (unpaired) electrons. The average Bonchev–Trinajstić information content (AvgIpc) is 3.40. The van der Waals surface area contributed by atoms with Gasteiger partial charge in [-0.1, -0.05) is 30.3 Å². The van der Waals surface area contributed by atoms with Crippen molar-refractivity contribution in [1.82, 2.24) is 20.9 Å². The maximum atomic E-state index is 11.6. The fourth-order valence-electron chi connectivity index (χ4n) is 3.46. The number of rotatable bonds is 8. The molecule has 1 heterocycles. The first kappa shape index (κ1) is 18.7. The molecule has 1 aliphatic carbocycles. The fraction of sp³-hybridized carbons (Fsp3) is 0.600. The normalized spacial score (nSPS) is 19.2. The third kappa shape index (κ3) is 5.46. The third-order valence-electron chi connectivity index (χ3n) is 5.12. The van der Waals surface area contributed by atoms with Gasteiger partial charge in [-0.25, -0.2) is 0 Å². The molecule has 1 amide bonds. The Kier molecular flexibility index (Phi) is 6.89. The lowest BCUT2D eigenvalue weighted by Crippen LogP contribution is -2.44. The number of hydrogen-bond donors (Lipinski definition) is 3. The minimum absolute atomic E-state index is 0.188. The molecule has 1 atom stereocenters. The Bertz CT molecular complexity index is 593. The smallest absolute Gasteiger partial charge is 0.223 e. The molecule has 142 valence electrons. The number of nitrogens with one attached hydrogen (secondary N) is 3. The predicted molar refractivity (Wildman–Crippen MR) is 105 cm³/mol. The topological polar surface area (TPSA) is 68.8 Å². The van der Waals surface area contributed by atoms with Crippen LogP contribution in [0.1, 0.15) is 37.3 Å². The number of aliphatic imine (C=N–C) groups is 1. The molecule has 1 aliphatic heterocycles. The van der Waals surface area contributed by atoms with Crippen molar-refractivity contribution < 1.29 is 4.79 Å². The lowest BCUT2D eigenvalue weighted by atomic mass is 10.1. The molecule has 6 heteroatoms. The Balaban J connectivity index is 1.46. The van der Waals surface area contributed by atoms with Crippen LogP contribution >= 0.6 is 0 Å². The van der Waals surface area contributed by atoms with Gasteiger partial charge >= 0.3 is 0 Å². The second-order valence-electron chi connectivity index (χ2n) is 7.11. The zero-order valence-corrected chi connectivity index (χ0v) is 15.7. The molecule has 1 aromatic carbocycles. The summed E-state index contributed by atoms with van der Waals surface area (Å²) in [5.74, 6) is 1.23. The van der Waals surface area contributed by atoms with E-state index < -0.39 is 0 Å². The number of hydrogen-bond acceptors (Lipinski definition) is 3. The van der Waals surface area contributed by atoms with E-state index in [2.05, 4.69) is 56.2 Å². The molecule has 1 saturated heterocycles. The number of benzene rings is 1. The lowest BCUT2D eigenvalue weighted by Gasteiger charge is -2.29. The van der Waals surface area contributed by atoms with E-state index in [9.17, 15) is 4.79 Å². The van der Waals surface area contributed by atoms with Crippen molar-refractivity contribution in [2.45, 2.75) is 31.7 Å². The van der Waals surface area contributed by atoms with Gasteiger partial charge in [0.1, 0.15) is 0 Å². The summed E-state index contributed by atoms with van der Waals surface area (Å²) in [6, 6.07) is 11.0. The van der Waals surface area contributed by atoms with Crippen LogP contribution in [-0.2, 0) is 4.79 Å². The van der Waals surface area contributed by atoms with Crippen LogP contribution in [0.3, 0.4) is 0 Å². The number of guanidine groups is 1. The van der Waals surface area contributed by atoms with Gasteiger partial charge in [0.05, 0.1) is 6.04 Å². The maximum absolute atomic E-state index is 11.6. The highest BCUT2D eigenvalue weighted by molar-refractivity contribution is 5.81. The molecule has 0 spiro atoms. The number of nitrogens with zero attached hydrogens (tertiary/aromatic N) is 2. The van der Waals surface area contributed by atoms with E-state index in [1.165, 1.54) is 18.4 Å². The monoisotopic (exact) mass is 357 g/mol. The van der Waals surface area contributed by atoms with Crippen LogP contribution in [0.2, 0.25) is 0 Å². The van der Waals surface area contributed by atoms with Crippen LogP contribution in [0.4, 0.5) is 0 Å². The van der Waals surface area contributed by atoms with Crippen molar-refractivity contribution >= 4 is 11.9 Å². The summed E-state index contributed by atoms with van der Waals surface area (Å²) in [7, 11) is 1.78. The van der Waals surface area contributed by atoms with Crippen molar-refractivity contribution in [2.24, 2.45) is 10.9 Å². The van der Waals surface area contributed by atoms with Crippen LogP contribution < -0.4 is 16.0 Å². The highest BCUT2D eigenvalue weighted by Gasteiger charge is 2.29. The third-order valence-corrected chi connectivity index (χ3v) is 5.12. The number of amides is 1. The molecular formula is C20H31N5O. The number of carbonyl (C=O) groups is 1. The van der Waals surface area contributed by atoms with Crippen LogP contribution in [0.5, 0.6) is 0 Å². The van der Waals surface area contributed by atoms with E-state index in [0.29, 0.717) is 19.1 Å². The summed E-state index contributed by atoms with van der Waals surface area (Å²) in [5.41, 5.74) is 1.34. The molecule has 26 heavy (non-hydrogen) atoms. The van der Waals surface area contributed by atoms with Crippen molar-refractivity contribution in [1.29, 1.82) is 0 Å². The number of carbonyl (C=O) groups excluding carboxylic acids is 1. The molecule has 1 aromatic rings. The SMILES string of the molecule is CN=C(NCCNC(=O)C1CC1)NCC(c1ccccc1)N1CCCC1. The number of likely N-dealkylation sites (tertiary alicyclic amines) is 1. The first-order valence-electron chi connectivity index (χ1n) is 9.79.